The van der Waals surface area contributed by atoms with Crippen LogP contribution in [0, 0.1) is 0 Å². The quantitative estimate of drug-likeness (QED) is 0.563. The maximum atomic E-state index is 6.32. The molecule has 0 fully saturated rings. The first-order valence-corrected chi connectivity index (χ1v) is 9.57. The Morgan fingerprint density at radius 1 is 0.889 bits per heavy atom. The lowest BCUT2D eigenvalue weighted by molar-refractivity contribution is 0.174. The molecule has 0 amide bonds. The Labute approximate surface area is 160 Å². The average molecular weight is 354 g/mol. The van der Waals surface area contributed by atoms with Crippen molar-refractivity contribution >= 4 is 0 Å². The van der Waals surface area contributed by atoms with Crippen LogP contribution in [-0.2, 0) is 12.0 Å². The third-order valence-electron chi connectivity index (χ3n) is 5.67. The normalized spacial score (nSPS) is 22.6. The third kappa shape index (κ3) is 2.73. The second kappa shape index (κ2) is 6.62. The summed E-state index contributed by atoms with van der Waals surface area (Å²) < 4.78 is 12.3. The van der Waals surface area contributed by atoms with Crippen molar-refractivity contribution in [2.24, 2.45) is 0 Å². The van der Waals surface area contributed by atoms with Crippen LogP contribution in [0.5, 0.6) is 11.5 Å². The van der Waals surface area contributed by atoms with Crippen LogP contribution >= 0.6 is 0 Å². The van der Waals surface area contributed by atoms with Crippen LogP contribution in [0.15, 0.2) is 91.0 Å². The number of para-hydroxylation sites is 1. The minimum absolute atomic E-state index is 0.163. The summed E-state index contributed by atoms with van der Waals surface area (Å²) in [6, 6.07) is 27.2. The van der Waals surface area contributed by atoms with Gasteiger partial charge in [0.1, 0.15) is 24.2 Å². The largest absolute Gasteiger partial charge is 0.489 e. The van der Waals surface area contributed by atoms with Gasteiger partial charge in [0.05, 0.1) is 5.41 Å². The van der Waals surface area contributed by atoms with Crippen molar-refractivity contribution in [3.8, 4) is 11.5 Å². The van der Waals surface area contributed by atoms with Crippen molar-refractivity contribution in [3.63, 3.8) is 0 Å². The van der Waals surface area contributed by atoms with Crippen LogP contribution in [0.4, 0.5) is 0 Å². The summed E-state index contributed by atoms with van der Waals surface area (Å²) in [5.41, 5.74) is 3.52. The lowest BCUT2D eigenvalue weighted by atomic mass is 9.68. The Kier molecular flexibility index (Phi) is 3.97. The molecular formula is C25H22O2. The first-order chi connectivity index (χ1) is 13.4. The molecule has 0 bridgehead atoms. The van der Waals surface area contributed by atoms with Gasteiger partial charge in [-0.25, -0.2) is 0 Å². The maximum Gasteiger partial charge on any atom is 0.124 e. The number of hydrogen-bond acceptors (Lipinski definition) is 2. The van der Waals surface area contributed by atoms with Crippen molar-refractivity contribution in [1.82, 2.24) is 0 Å². The summed E-state index contributed by atoms with van der Waals surface area (Å²) in [6.07, 6.45) is 6.90. The van der Waals surface area contributed by atoms with Crippen molar-refractivity contribution in [3.05, 3.63) is 108 Å². The van der Waals surface area contributed by atoms with E-state index >= 15 is 0 Å². The summed E-state index contributed by atoms with van der Waals surface area (Å²) in [6.45, 7) is 0.583. The first-order valence-electron chi connectivity index (χ1n) is 9.57. The fourth-order valence-corrected chi connectivity index (χ4v) is 4.34. The second-order valence-corrected chi connectivity index (χ2v) is 7.25. The SMILES string of the molecule is C1=C[C@@]2(c3ccc(OCc4ccccc4)cc3)c3ccccc3O[C@H]2CC1. The maximum absolute atomic E-state index is 6.32. The van der Waals surface area contributed by atoms with Crippen molar-refractivity contribution in [2.75, 3.05) is 0 Å². The number of fused-ring (bicyclic) bond motifs is 3. The highest BCUT2D eigenvalue weighted by Gasteiger charge is 2.49. The first kappa shape index (κ1) is 16.2. The van der Waals surface area contributed by atoms with Crippen LogP contribution in [0.3, 0.4) is 0 Å². The molecule has 3 aromatic rings. The summed E-state index contributed by atoms with van der Waals surface area (Å²) in [5.74, 6) is 1.90. The lowest BCUT2D eigenvalue weighted by Gasteiger charge is -2.35. The molecule has 134 valence electrons. The van der Waals surface area contributed by atoms with E-state index < -0.39 is 0 Å². The van der Waals surface area contributed by atoms with Gasteiger partial charge in [0.15, 0.2) is 0 Å². The van der Waals surface area contributed by atoms with Crippen LogP contribution in [0.25, 0.3) is 0 Å². The molecule has 2 nitrogen and oxygen atoms in total. The van der Waals surface area contributed by atoms with Gasteiger partial charge in [0.25, 0.3) is 0 Å². The molecule has 0 aromatic heterocycles. The van der Waals surface area contributed by atoms with Gasteiger partial charge < -0.3 is 9.47 Å². The Morgan fingerprint density at radius 2 is 1.67 bits per heavy atom. The van der Waals surface area contributed by atoms with Crippen LogP contribution < -0.4 is 9.47 Å². The second-order valence-electron chi connectivity index (χ2n) is 7.25. The predicted molar refractivity (Wildman–Crippen MR) is 107 cm³/mol. The predicted octanol–water partition coefficient (Wildman–Crippen LogP) is 5.66. The summed E-state index contributed by atoms with van der Waals surface area (Å²) in [5, 5.41) is 0. The Morgan fingerprint density at radius 3 is 2.52 bits per heavy atom. The lowest BCUT2D eigenvalue weighted by Crippen LogP contribution is -2.39. The third-order valence-corrected chi connectivity index (χ3v) is 5.67. The van der Waals surface area contributed by atoms with E-state index in [1.54, 1.807) is 0 Å². The fourth-order valence-electron chi connectivity index (χ4n) is 4.34. The number of benzene rings is 3. The van der Waals surface area contributed by atoms with Gasteiger partial charge in [-0.2, -0.15) is 0 Å². The highest BCUT2D eigenvalue weighted by atomic mass is 16.5. The van der Waals surface area contributed by atoms with E-state index in [0.29, 0.717) is 6.61 Å². The number of allylic oxidation sites excluding steroid dienone is 1. The molecule has 27 heavy (non-hydrogen) atoms. The molecule has 1 heterocycles. The van der Waals surface area contributed by atoms with Gasteiger partial charge in [-0.3, -0.25) is 0 Å². The monoisotopic (exact) mass is 354 g/mol. The highest BCUT2D eigenvalue weighted by Crippen LogP contribution is 2.51. The van der Waals surface area contributed by atoms with E-state index in [9.17, 15) is 0 Å². The summed E-state index contributed by atoms with van der Waals surface area (Å²) in [7, 11) is 0. The van der Waals surface area contributed by atoms with Crippen LogP contribution in [0.2, 0.25) is 0 Å². The van der Waals surface area contributed by atoms with E-state index in [1.165, 1.54) is 16.7 Å². The van der Waals surface area contributed by atoms with Crippen LogP contribution in [-0.4, -0.2) is 6.10 Å². The van der Waals surface area contributed by atoms with E-state index in [1.807, 2.05) is 24.3 Å². The molecule has 1 aliphatic carbocycles. The minimum atomic E-state index is -0.188. The van der Waals surface area contributed by atoms with E-state index in [0.717, 1.165) is 24.3 Å². The Balaban J connectivity index is 1.45. The fraction of sp³-hybridized carbons (Fsp3) is 0.200. The minimum Gasteiger partial charge on any atom is -0.489 e. The Hall–Kier alpha value is -3.00. The van der Waals surface area contributed by atoms with Crippen LogP contribution in [0.1, 0.15) is 29.5 Å². The molecule has 2 aliphatic rings. The summed E-state index contributed by atoms with van der Waals surface area (Å²) >= 11 is 0. The van der Waals surface area contributed by atoms with Gasteiger partial charge >= 0.3 is 0 Å². The molecular weight excluding hydrogens is 332 g/mol. The molecule has 2 heteroatoms. The number of ether oxygens (including phenoxy) is 2. The van der Waals surface area contributed by atoms with E-state index in [2.05, 4.69) is 66.7 Å². The molecule has 0 radical (unpaired) electrons. The van der Waals surface area contributed by atoms with Gasteiger partial charge in [0, 0.05) is 5.56 Å². The molecule has 0 saturated heterocycles. The van der Waals surface area contributed by atoms with Gasteiger partial charge in [-0.15, -0.1) is 0 Å². The molecule has 0 unspecified atom stereocenters. The van der Waals surface area contributed by atoms with Gasteiger partial charge in [-0.05, 0) is 42.2 Å². The Bertz CT molecular complexity index is 959. The average Bonchev–Trinajstić information content (AvgIpc) is 3.09. The van der Waals surface area contributed by atoms with Gasteiger partial charge in [-0.1, -0.05) is 72.8 Å². The van der Waals surface area contributed by atoms with Crippen molar-refractivity contribution in [1.29, 1.82) is 0 Å². The molecule has 3 aromatic carbocycles. The standard InChI is InChI=1S/C25H22O2/c1-2-8-19(9-3-1)18-26-21-15-13-20(14-16-21)25-17-7-6-12-24(25)27-23-11-5-4-10-22(23)25/h1-5,7-11,13-17,24H,6,12,18H2/t24-,25+/m0/s1. The molecule has 0 spiro atoms. The molecule has 1 aliphatic heterocycles. The number of rotatable bonds is 4. The zero-order valence-corrected chi connectivity index (χ0v) is 15.2. The zero-order chi connectivity index (χ0) is 18.1. The van der Waals surface area contributed by atoms with Gasteiger partial charge in [0.2, 0.25) is 0 Å². The molecule has 2 atom stereocenters. The highest BCUT2D eigenvalue weighted by molar-refractivity contribution is 5.57. The summed E-state index contributed by atoms with van der Waals surface area (Å²) in [4.78, 5) is 0. The molecule has 0 N–H and O–H groups in total. The van der Waals surface area contributed by atoms with E-state index in [4.69, 9.17) is 9.47 Å². The van der Waals surface area contributed by atoms with Crippen molar-refractivity contribution in [2.45, 2.75) is 31.0 Å². The van der Waals surface area contributed by atoms with E-state index in [-0.39, 0.29) is 11.5 Å². The molecule has 0 saturated carbocycles. The number of hydrogen-bond donors (Lipinski definition) is 0. The van der Waals surface area contributed by atoms with Crippen molar-refractivity contribution < 1.29 is 9.47 Å². The molecule has 5 rings (SSSR count). The topological polar surface area (TPSA) is 18.5 Å². The zero-order valence-electron chi connectivity index (χ0n) is 15.2. The smallest absolute Gasteiger partial charge is 0.124 e.